The van der Waals surface area contributed by atoms with Crippen LogP contribution in [0, 0.1) is 13.8 Å². The molecule has 0 spiro atoms. The van der Waals surface area contributed by atoms with E-state index in [1.54, 1.807) is 32.2 Å². The van der Waals surface area contributed by atoms with Crippen molar-refractivity contribution in [2.75, 3.05) is 13.7 Å². The molecular formula is C21H24N2O3S. The summed E-state index contributed by atoms with van der Waals surface area (Å²) in [5.74, 6) is 0.652. The van der Waals surface area contributed by atoms with E-state index in [0.29, 0.717) is 22.8 Å². The minimum atomic E-state index is -3.58. The Bertz CT molecular complexity index is 1110. The Morgan fingerprint density at radius 3 is 2.56 bits per heavy atom. The number of aromatic amines is 1. The fourth-order valence-corrected chi connectivity index (χ4v) is 5.34. The van der Waals surface area contributed by atoms with Gasteiger partial charge in [-0.25, -0.2) is 13.1 Å². The van der Waals surface area contributed by atoms with Crippen molar-refractivity contribution >= 4 is 20.9 Å². The molecule has 2 N–H and O–H groups in total. The van der Waals surface area contributed by atoms with E-state index in [-0.39, 0.29) is 5.41 Å². The normalized spacial score (nSPS) is 15.8. The van der Waals surface area contributed by atoms with Crippen molar-refractivity contribution in [2.45, 2.75) is 37.0 Å². The Morgan fingerprint density at radius 1 is 1.15 bits per heavy atom. The maximum atomic E-state index is 12.9. The van der Waals surface area contributed by atoms with Gasteiger partial charge in [-0.2, -0.15) is 0 Å². The average molecular weight is 385 g/mol. The number of hydrogen-bond donors (Lipinski definition) is 2. The molecule has 6 heteroatoms. The quantitative estimate of drug-likeness (QED) is 0.679. The first kappa shape index (κ1) is 18.1. The summed E-state index contributed by atoms with van der Waals surface area (Å²) in [6, 6.07) is 13.2. The lowest BCUT2D eigenvalue weighted by Gasteiger charge is -2.18. The largest absolute Gasteiger partial charge is 0.497 e. The maximum Gasteiger partial charge on any atom is 0.240 e. The number of rotatable bonds is 6. The third-order valence-corrected chi connectivity index (χ3v) is 7.11. The number of para-hydroxylation sites is 1. The highest BCUT2D eigenvalue weighted by Gasteiger charge is 2.47. The monoisotopic (exact) mass is 384 g/mol. The van der Waals surface area contributed by atoms with Crippen molar-refractivity contribution in [3.63, 3.8) is 0 Å². The molecule has 0 unspecified atom stereocenters. The molecule has 2 aromatic carbocycles. The lowest BCUT2D eigenvalue weighted by atomic mass is 9.93. The third kappa shape index (κ3) is 3.13. The number of ether oxygens (including phenoxy) is 1. The van der Waals surface area contributed by atoms with Gasteiger partial charge in [0.1, 0.15) is 5.75 Å². The molecular weight excluding hydrogens is 360 g/mol. The molecule has 1 heterocycles. The van der Waals surface area contributed by atoms with Crippen LogP contribution in [-0.4, -0.2) is 27.1 Å². The van der Waals surface area contributed by atoms with Gasteiger partial charge in [0.25, 0.3) is 0 Å². The van der Waals surface area contributed by atoms with E-state index in [1.807, 2.05) is 12.1 Å². The highest BCUT2D eigenvalue weighted by atomic mass is 32.2. The molecule has 0 bridgehead atoms. The molecule has 27 heavy (non-hydrogen) atoms. The minimum Gasteiger partial charge on any atom is -0.497 e. The van der Waals surface area contributed by atoms with Crippen molar-refractivity contribution < 1.29 is 13.2 Å². The van der Waals surface area contributed by atoms with E-state index in [4.69, 9.17) is 4.74 Å². The number of nitrogens with one attached hydrogen (secondary N) is 2. The van der Waals surface area contributed by atoms with E-state index in [9.17, 15) is 8.42 Å². The fraction of sp³-hybridized carbons (Fsp3) is 0.333. The summed E-state index contributed by atoms with van der Waals surface area (Å²) in [5.41, 5.74) is 4.01. The van der Waals surface area contributed by atoms with Crippen molar-refractivity contribution in [1.82, 2.24) is 9.71 Å². The summed E-state index contributed by atoms with van der Waals surface area (Å²) < 4.78 is 33.8. The van der Waals surface area contributed by atoms with Crippen molar-refractivity contribution in [3.8, 4) is 5.75 Å². The zero-order valence-electron chi connectivity index (χ0n) is 15.8. The number of H-pyrrole nitrogens is 1. The molecule has 0 radical (unpaired) electrons. The van der Waals surface area contributed by atoms with Gasteiger partial charge < -0.3 is 9.72 Å². The highest BCUT2D eigenvalue weighted by molar-refractivity contribution is 7.89. The standard InChI is InChI=1S/C21H24N2O3S/c1-14-12-16(26-3)8-9-19(14)27(24,25)22-13-21(10-11-21)20-15(2)23-18-7-5-4-6-17(18)20/h4-9,12,22-23H,10-11,13H2,1-3H3. The summed E-state index contributed by atoms with van der Waals surface area (Å²) in [4.78, 5) is 3.73. The SMILES string of the molecule is COc1ccc(S(=O)(=O)NCC2(c3c(C)[nH]c4ccccc34)CC2)c(C)c1. The summed E-state index contributed by atoms with van der Waals surface area (Å²) in [6.45, 7) is 4.26. The molecule has 0 aliphatic heterocycles. The predicted molar refractivity (Wildman–Crippen MR) is 107 cm³/mol. The molecule has 1 aliphatic carbocycles. The van der Waals surface area contributed by atoms with Crippen LogP contribution in [0.1, 0.15) is 29.7 Å². The first-order chi connectivity index (χ1) is 12.9. The number of sulfonamides is 1. The number of methoxy groups -OCH3 is 1. The number of hydrogen-bond acceptors (Lipinski definition) is 3. The predicted octanol–water partition coefficient (Wildman–Crippen LogP) is 3.80. The number of fused-ring (bicyclic) bond motifs is 1. The molecule has 1 aliphatic rings. The number of aryl methyl sites for hydroxylation is 2. The highest BCUT2D eigenvalue weighted by Crippen LogP contribution is 2.51. The van der Waals surface area contributed by atoms with Crippen LogP contribution in [0.25, 0.3) is 10.9 Å². The first-order valence-electron chi connectivity index (χ1n) is 9.08. The summed E-state index contributed by atoms with van der Waals surface area (Å²) in [7, 11) is -2.01. The Morgan fingerprint density at radius 2 is 1.89 bits per heavy atom. The van der Waals surface area contributed by atoms with Crippen LogP contribution < -0.4 is 9.46 Å². The first-order valence-corrected chi connectivity index (χ1v) is 10.6. The number of aromatic nitrogens is 1. The van der Waals surface area contributed by atoms with E-state index in [2.05, 4.69) is 28.8 Å². The fourth-order valence-electron chi connectivity index (χ4n) is 3.99. The van der Waals surface area contributed by atoms with Gasteiger partial charge in [0.15, 0.2) is 0 Å². The lowest BCUT2D eigenvalue weighted by Crippen LogP contribution is -2.33. The van der Waals surface area contributed by atoms with Crippen LogP contribution in [0.5, 0.6) is 5.75 Å². The summed E-state index contributed by atoms with van der Waals surface area (Å²) in [5, 5.41) is 1.19. The van der Waals surface area contributed by atoms with E-state index < -0.39 is 10.0 Å². The second-order valence-corrected chi connectivity index (χ2v) is 9.14. The minimum absolute atomic E-state index is 0.128. The van der Waals surface area contributed by atoms with Crippen LogP contribution in [0.15, 0.2) is 47.4 Å². The van der Waals surface area contributed by atoms with Crippen LogP contribution in [-0.2, 0) is 15.4 Å². The zero-order valence-corrected chi connectivity index (χ0v) is 16.6. The number of benzene rings is 2. The van der Waals surface area contributed by atoms with Gasteiger partial charge in [0, 0.05) is 28.6 Å². The molecule has 0 atom stereocenters. The smallest absolute Gasteiger partial charge is 0.240 e. The Hall–Kier alpha value is -2.31. The van der Waals surface area contributed by atoms with Gasteiger partial charge in [-0.15, -0.1) is 0 Å². The Labute approximate surface area is 159 Å². The molecule has 3 aromatic rings. The molecule has 142 valence electrons. The Balaban J connectivity index is 1.62. The van der Waals surface area contributed by atoms with Crippen molar-refractivity contribution in [2.24, 2.45) is 0 Å². The van der Waals surface area contributed by atoms with E-state index in [0.717, 1.165) is 24.1 Å². The van der Waals surface area contributed by atoms with E-state index >= 15 is 0 Å². The van der Waals surface area contributed by atoms with E-state index in [1.165, 1.54) is 10.9 Å². The Kier molecular flexibility index (Phi) is 4.28. The van der Waals surface area contributed by atoms with Gasteiger partial charge in [0.2, 0.25) is 10.0 Å². The van der Waals surface area contributed by atoms with Gasteiger partial charge in [0.05, 0.1) is 12.0 Å². The molecule has 0 saturated heterocycles. The second-order valence-electron chi connectivity index (χ2n) is 7.41. The summed E-state index contributed by atoms with van der Waals surface area (Å²) in [6.07, 6.45) is 1.97. The van der Waals surface area contributed by atoms with Gasteiger partial charge in [-0.05, 0) is 62.1 Å². The molecule has 5 nitrogen and oxygen atoms in total. The second kappa shape index (κ2) is 6.39. The summed E-state index contributed by atoms with van der Waals surface area (Å²) >= 11 is 0. The average Bonchev–Trinajstić information content (AvgIpc) is 3.34. The molecule has 1 aromatic heterocycles. The van der Waals surface area contributed by atoms with Crippen LogP contribution >= 0.6 is 0 Å². The maximum absolute atomic E-state index is 12.9. The van der Waals surface area contributed by atoms with Crippen molar-refractivity contribution in [1.29, 1.82) is 0 Å². The topological polar surface area (TPSA) is 71.2 Å². The molecule has 1 fully saturated rings. The lowest BCUT2D eigenvalue weighted by molar-refractivity contribution is 0.414. The van der Waals surface area contributed by atoms with Gasteiger partial charge in [-0.1, -0.05) is 18.2 Å². The molecule has 4 rings (SSSR count). The zero-order chi connectivity index (χ0) is 19.2. The van der Waals surface area contributed by atoms with Gasteiger partial charge >= 0.3 is 0 Å². The van der Waals surface area contributed by atoms with Crippen LogP contribution in [0.2, 0.25) is 0 Å². The van der Waals surface area contributed by atoms with Gasteiger partial charge in [-0.3, -0.25) is 0 Å². The van der Waals surface area contributed by atoms with Crippen LogP contribution in [0.4, 0.5) is 0 Å². The third-order valence-electron chi connectivity index (χ3n) is 5.55. The molecule has 0 amide bonds. The molecule has 1 saturated carbocycles. The van der Waals surface area contributed by atoms with Crippen molar-refractivity contribution in [3.05, 3.63) is 59.3 Å². The van der Waals surface area contributed by atoms with Crippen LogP contribution in [0.3, 0.4) is 0 Å².